The summed E-state index contributed by atoms with van der Waals surface area (Å²) in [6.45, 7) is 6.76. The third-order valence-corrected chi connectivity index (χ3v) is 2.76. The SMILES string of the molecule is CCC(C)C(=O)NC1CCOC1C. The fraction of sp³-hybridized carbons (Fsp3) is 0.900. The van der Waals surface area contributed by atoms with E-state index in [0.717, 1.165) is 19.4 Å². The first-order valence-electron chi connectivity index (χ1n) is 5.07. The van der Waals surface area contributed by atoms with Gasteiger partial charge in [-0.05, 0) is 19.8 Å². The highest BCUT2D eigenvalue weighted by Gasteiger charge is 2.26. The summed E-state index contributed by atoms with van der Waals surface area (Å²) in [7, 11) is 0. The normalized spacial score (nSPS) is 30.1. The molecule has 1 aliphatic heterocycles. The van der Waals surface area contributed by atoms with Gasteiger partial charge in [0.1, 0.15) is 0 Å². The molecule has 1 N–H and O–H groups in total. The van der Waals surface area contributed by atoms with Gasteiger partial charge >= 0.3 is 0 Å². The average molecular weight is 185 g/mol. The van der Waals surface area contributed by atoms with Gasteiger partial charge in [0.25, 0.3) is 0 Å². The minimum absolute atomic E-state index is 0.118. The van der Waals surface area contributed by atoms with Crippen molar-refractivity contribution in [2.24, 2.45) is 5.92 Å². The van der Waals surface area contributed by atoms with Gasteiger partial charge in [0.2, 0.25) is 5.91 Å². The zero-order chi connectivity index (χ0) is 9.84. The van der Waals surface area contributed by atoms with Gasteiger partial charge in [0, 0.05) is 12.5 Å². The molecule has 76 valence electrons. The van der Waals surface area contributed by atoms with Crippen molar-refractivity contribution in [1.82, 2.24) is 5.32 Å². The highest BCUT2D eigenvalue weighted by atomic mass is 16.5. The van der Waals surface area contributed by atoms with E-state index in [2.05, 4.69) is 5.32 Å². The van der Waals surface area contributed by atoms with E-state index in [1.54, 1.807) is 0 Å². The van der Waals surface area contributed by atoms with E-state index < -0.39 is 0 Å². The molecule has 3 heteroatoms. The van der Waals surface area contributed by atoms with Crippen LogP contribution in [0, 0.1) is 5.92 Å². The highest BCUT2D eigenvalue weighted by molar-refractivity contribution is 5.78. The Bertz CT molecular complexity index is 182. The summed E-state index contributed by atoms with van der Waals surface area (Å²) in [6, 6.07) is 0.224. The van der Waals surface area contributed by atoms with E-state index in [0.29, 0.717) is 0 Å². The van der Waals surface area contributed by atoms with Gasteiger partial charge < -0.3 is 10.1 Å². The van der Waals surface area contributed by atoms with E-state index in [1.807, 2.05) is 20.8 Å². The first-order chi connectivity index (χ1) is 6.15. The lowest BCUT2D eigenvalue weighted by atomic mass is 10.1. The van der Waals surface area contributed by atoms with E-state index in [-0.39, 0.29) is 24.0 Å². The minimum atomic E-state index is 0.118. The molecule has 1 amide bonds. The zero-order valence-corrected chi connectivity index (χ0v) is 8.67. The summed E-state index contributed by atoms with van der Waals surface area (Å²) in [4.78, 5) is 11.5. The summed E-state index contributed by atoms with van der Waals surface area (Å²) in [6.07, 6.45) is 2.02. The summed E-state index contributed by atoms with van der Waals surface area (Å²) in [5.41, 5.74) is 0. The molecule has 1 aliphatic rings. The monoisotopic (exact) mass is 185 g/mol. The molecular weight excluding hydrogens is 166 g/mol. The van der Waals surface area contributed by atoms with Crippen molar-refractivity contribution in [3.05, 3.63) is 0 Å². The molecule has 0 aromatic rings. The predicted octanol–water partition coefficient (Wildman–Crippen LogP) is 1.33. The fourth-order valence-electron chi connectivity index (χ4n) is 1.43. The molecule has 3 atom stereocenters. The van der Waals surface area contributed by atoms with Crippen LogP contribution >= 0.6 is 0 Å². The van der Waals surface area contributed by atoms with Crippen LogP contribution in [0.25, 0.3) is 0 Å². The largest absolute Gasteiger partial charge is 0.376 e. The van der Waals surface area contributed by atoms with Gasteiger partial charge in [-0.1, -0.05) is 13.8 Å². The van der Waals surface area contributed by atoms with Crippen LogP contribution in [0.4, 0.5) is 0 Å². The van der Waals surface area contributed by atoms with Crippen LogP contribution in [-0.2, 0) is 9.53 Å². The molecule has 1 heterocycles. The Labute approximate surface area is 79.8 Å². The minimum Gasteiger partial charge on any atom is -0.376 e. The number of amides is 1. The van der Waals surface area contributed by atoms with Crippen molar-refractivity contribution in [2.75, 3.05) is 6.61 Å². The van der Waals surface area contributed by atoms with Crippen molar-refractivity contribution >= 4 is 5.91 Å². The molecule has 0 aromatic carbocycles. The molecule has 0 bridgehead atoms. The van der Waals surface area contributed by atoms with E-state index in [9.17, 15) is 4.79 Å². The van der Waals surface area contributed by atoms with E-state index >= 15 is 0 Å². The Morgan fingerprint density at radius 2 is 2.38 bits per heavy atom. The van der Waals surface area contributed by atoms with Gasteiger partial charge in [-0.15, -0.1) is 0 Å². The van der Waals surface area contributed by atoms with Gasteiger partial charge in [0.05, 0.1) is 12.1 Å². The zero-order valence-electron chi connectivity index (χ0n) is 8.67. The summed E-state index contributed by atoms with van der Waals surface area (Å²) >= 11 is 0. The van der Waals surface area contributed by atoms with Crippen LogP contribution in [0.3, 0.4) is 0 Å². The molecule has 3 unspecified atom stereocenters. The second-order valence-corrected chi connectivity index (χ2v) is 3.79. The van der Waals surface area contributed by atoms with Crippen molar-refractivity contribution < 1.29 is 9.53 Å². The smallest absolute Gasteiger partial charge is 0.223 e. The first kappa shape index (κ1) is 10.5. The van der Waals surface area contributed by atoms with Crippen LogP contribution < -0.4 is 5.32 Å². The Balaban J connectivity index is 2.35. The van der Waals surface area contributed by atoms with Gasteiger partial charge in [-0.2, -0.15) is 0 Å². The molecule has 1 saturated heterocycles. The maximum absolute atomic E-state index is 11.5. The summed E-state index contributed by atoms with van der Waals surface area (Å²) < 4.78 is 5.36. The predicted molar refractivity (Wildman–Crippen MR) is 51.4 cm³/mol. The average Bonchev–Trinajstić information content (AvgIpc) is 2.50. The van der Waals surface area contributed by atoms with Crippen LogP contribution in [0.15, 0.2) is 0 Å². The second kappa shape index (κ2) is 4.61. The lowest BCUT2D eigenvalue weighted by molar-refractivity contribution is -0.125. The number of hydrogen-bond donors (Lipinski definition) is 1. The highest BCUT2D eigenvalue weighted by Crippen LogP contribution is 2.13. The van der Waals surface area contributed by atoms with Crippen LogP contribution in [-0.4, -0.2) is 24.7 Å². The van der Waals surface area contributed by atoms with E-state index in [1.165, 1.54) is 0 Å². The lowest BCUT2D eigenvalue weighted by Gasteiger charge is -2.18. The Kier molecular flexibility index (Phi) is 3.72. The number of carbonyl (C=O) groups excluding carboxylic acids is 1. The van der Waals surface area contributed by atoms with Crippen LogP contribution in [0.1, 0.15) is 33.6 Å². The molecule has 0 aromatic heterocycles. The number of carbonyl (C=O) groups is 1. The molecular formula is C10H19NO2. The molecule has 0 spiro atoms. The molecule has 0 aliphatic carbocycles. The second-order valence-electron chi connectivity index (χ2n) is 3.79. The van der Waals surface area contributed by atoms with Crippen molar-refractivity contribution in [3.63, 3.8) is 0 Å². The standard InChI is InChI=1S/C10H19NO2/c1-4-7(2)10(12)11-9-5-6-13-8(9)3/h7-9H,4-6H2,1-3H3,(H,11,12). The summed E-state index contributed by atoms with van der Waals surface area (Å²) in [5.74, 6) is 0.276. The third kappa shape index (κ3) is 2.69. The van der Waals surface area contributed by atoms with Crippen molar-refractivity contribution in [1.29, 1.82) is 0 Å². The molecule has 0 radical (unpaired) electrons. The maximum atomic E-state index is 11.5. The Morgan fingerprint density at radius 3 is 2.85 bits per heavy atom. The molecule has 0 saturated carbocycles. The summed E-state index contributed by atoms with van der Waals surface area (Å²) in [5, 5.41) is 3.02. The van der Waals surface area contributed by atoms with Crippen LogP contribution in [0.2, 0.25) is 0 Å². The maximum Gasteiger partial charge on any atom is 0.223 e. The number of ether oxygens (including phenoxy) is 1. The third-order valence-electron chi connectivity index (χ3n) is 2.76. The topological polar surface area (TPSA) is 38.3 Å². The molecule has 3 nitrogen and oxygen atoms in total. The number of rotatable bonds is 3. The van der Waals surface area contributed by atoms with Crippen molar-refractivity contribution in [3.8, 4) is 0 Å². The van der Waals surface area contributed by atoms with Gasteiger partial charge in [0.15, 0.2) is 0 Å². The quantitative estimate of drug-likeness (QED) is 0.720. The fourth-order valence-corrected chi connectivity index (χ4v) is 1.43. The molecule has 13 heavy (non-hydrogen) atoms. The van der Waals surface area contributed by atoms with Gasteiger partial charge in [-0.3, -0.25) is 4.79 Å². The van der Waals surface area contributed by atoms with Crippen molar-refractivity contribution in [2.45, 2.75) is 45.8 Å². The Hall–Kier alpha value is -0.570. The lowest BCUT2D eigenvalue weighted by Crippen LogP contribution is -2.41. The molecule has 1 fully saturated rings. The number of nitrogens with one attached hydrogen (secondary N) is 1. The van der Waals surface area contributed by atoms with Gasteiger partial charge in [-0.25, -0.2) is 0 Å². The first-order valence-corrected chi connectivity index (χ1v) is 5.07. The van der Waals surface area contributed by atoms with Crippen LogP contribution in [0.5, 0.6) is 0 Å². The molecule has 1 rings (SSSR count). The Morgan fingerprint density at radius 1 is 1.69 bits per heavy atom. The number of hydrogen-bond acceptors (Lipinski definition) is 2. The van der Waals surface area contributed by atoms with E-state index in [4.69, 9.17) is 4.74 Å².